The molecule has 3 aromatic rings. The van der Waals surface area contributed by atoms with Gasteiger partial charge in [0, 0.05) is 19.2 Å². The number of rotatable bonds is 4. The van der Waals surface area contributed by atoms with Crippen LogP contribution in [0.25, 0.3) is 10.9 Å². The molecular weight excluding hydrogens is 335 g/mol. The quantitative estimate of drug-likeness (QED) is 0.784. The van der Waals surface area contributed by atoms with E-state index in [2.05, 4.69) is 15.5 Å². The van der Waals surface area contributed by atoms with Gasteiger partial charge in [-0.1, -0.05) is 17.3 Å². The first-order valence-corrected chi connectivity index (χ1v) is 8.28. The lowest BCUT2D eigenvalue weighted by Crippen LogP contribution is -2.21. The van der Waals surface area contributed by atoms with Crippen LogP contribution in [0.15, 0.2) is 58.7 Å². The fourth-order valence-corrected chi connectivity index (χ4v) is 2.90. The predicted molar refractivity (Wildman–Crippen MR) is 97.9 cm³/mol. The molecule has 0 saturated carbocycles. The third-order valence-corrected chi connectivity index (χ3v) is 4.36. The largest absolute Gasteiger partial charge is 0.390 e. The number of aryl methyl sites for hydroxylation is 1. The molecule has 1 atom stereocenters. The monoisotopic (exact) mass is 352 g/mol. The van der Waals surface area contributed by atoms with Crippen LogP contribution >= 0.6 is 0 Å². The lowest BCUT2D eigenvalue weighted by molar-refractivity contribution is 0.0949. The van der Waals surface area contributed by atoms with Gasteiger partial charge in [0.1, 0.15) is 11.9 Å². The molecular formula is C19H17FN4O2. The van der Waals surface area contributed by atoms with Crippen molar-refractivity contribution in [3.63, 3.8) is 0 Å². The van der Waals surface area contributed by atoms with Gasteiger partial charge in [-0.15, -0.1) is 0 Å². The Morgan fingerprint density at radius 2 is 2.08 bits per heavy atom. The number of hydrogen-bond donors (Lipinski definition) is 1. The fourth-order valence-electron chi connectivity index (χ4n) is 2.90. The van der Waals surface area contributed by atoms with Crippen molar-refractivity contribution in [2.24, 2.45) is 12.2 Å². The molecule has 0 aliphatic carbocycles. The van der Waals surface area contributed by atoms with Crippen molar-refractivity contribution >= 4 is 22.3 Å². The first-order chi connectivity index (χ1) is 12.6. The average molecular weight is 352 g/mol. The molecule has 0 spiro atoms. The third-order valence-electron chi connectivity index (χ3n) is 4.36. The maximum Gasteiger partial charge on any atom is 0.260 e. The summed E-state index contributed by atoms with van der Waals surface area (Å²) in [5.74, 6) is -0.275. The molecule has 1 unspecified atom stereocenters. The predicted octanol–water partition coefficient (Wildman–Crippen LogP) is 2.68. The number of hydrogen-bond acceptors (Lipinski definition) is 5. The van der Waals surface area contributed by atoms with Crippen molar-refractivity contribution in [2.45, 2.75) is 12.5 Å². The smallest absolute Gasteiger partial charge is 0.260 e. The summed E-state index contributed by atoms with van der Waals surface area (Å²) in [6, 6.07) is 11.7. The minimum absolute atomic E-state index is 0.0855. The normalized spacial score (nSPS) is 16.4. The Balaban J connectivity index is 1.42. The van der Waals surface area contributed by atoms with E-state index in [0.29, 0.717) is 23.9 Å². The zero-order valence-electron chi connectivity index (χ0n) is 14.1. The Morgan fingerprint density at radius 1 is 1.27 bits per heavy atom. The van der Waals surface area contributed by atoms with Crippen LogP contribution in [0, 0.1) is 5.82 Å². The number of benzene rings is 2. The maximum absolute atomic E-state index is 13.0. The molecule has 0 saturated heterocycles. The zero-order valence-corrected chi connectivity index (χ0v) is 14.1. The second kappa shape index (κ2) is 6.59. The molecule has 1 N–H and O–H groups in total. The number of nitrogens with zero attached hydrogens (tertiary/aromatic N) is 3. The minimum Gasteiger partial charge on any atom is -0.390 e. The number of aromatic nitrogens is 2. The van der Waals surface area contributed by atoms with Gasteiger partial charge in [0.25, 0.3) is 5.56 Å². The van der Waals surface area contributed by atoms with Crippen LogP contribution in [0.5, 0.6) is 0 Å². The molecule has 0 amide bonds. The number of halogens is 1. The number of anilines is 1. The second-order valence-electron chi connectivity index (χ2n) is 6.25. The molecule has 1 aliphatic rings. The van der Waals surface area contributed by atoms with Crippen LogP contribution in [0.1, 0.15) is 12.0 Å². The highest BCUT2D eigenvalue weighted by molar-refractivity contribution is 6.01. The Kier molecular flexibility index (Phi) is 4.12. The highest BCUT2D eigenvalue weighted by Crippen LogP contribution is 2.19. The van der Waals surface area contributed by atoms with E-state index in [1.165, 1.54) is 23.0 Å². The molecule has 2 aromatic carbocycles. The summed E-state index contributed by atoms with van der Waals surface area (Å²) in [4.78, 5) is 21.9. The molecule has 132 valence electrons. The van der Waals surface area contributed by atoms with Gasteiger partial charge in [-0.25, -0.2) is 9.37 Å². The van der Waals surface area contributed by atoms with Gasteiger partial charge in [-0.3, -0.25) is 4.79 Å². The summed E-state index contributed by atoms with van der Waals surface area (Å²) in [5.41, 5.74) is 3.05. The molecule has 0 fully saturated rings. The van der Waals surface area contributed by atoms with Crippen molar-refractivity contribution in [1.29, 1.82) is 0 Å². The van der Waals surface area contributed by atoms with E-state index in [1.54, 1.807) is 25.2 Å². The van der Waals surface area contributed by atoms with Crippen molar-refractivity contribution in [1.82, 2.24) is 9.55 Å². The van der Waals surface area contributed by atoms with Crippen LogP contribution in [0.4, 0.5) is 10.1 Å². The van der Waals surface area contributed by atoms with Gasteiger partial charge in [-0.05, 0) is 35.9 Å². The molecule has 1 aromatic heterocycles. The molecule has 1 aliphatic heterocycles. The van der Waals surface area contributed by atoms with Crippen LogP contribution in [0.3, 0.4) is 0 Å². The SMILES string of the molecule is Cn1cnc2ccc(NCC3CC(c4ccc(F)cc4)=NO3)cc2c1=O. The second-order valence-corrected chi connectivity index (χ2v) is 6.25. The molecule has 26 heavy (non-hydrogen) atoms. The molecule has 7 heteroatoms. The number of oxime groups is 1. The van der Waals surface area contributed by atoms with Gasteiger partial charge in [0.15, 0.2) is 0 Å². The van der Waals surface area contributed by atoms with E-state index in [9.17, 15) is 9.18 Å². The van der Waals surface area contributed by atoms with Crippen LogP contribution in [-0.4, -0.2) is 27.9 Å². The Hall–Kier alpha value is -3.22. The Morgan fingerprint density at radius 3 is 2.88 bits per heavy atom. The van der Waals surface area contributed by atoms with E-state index >= 15 is 0 Å². The standard InChI is InChI=1S/C19H17FN4O2/c1-24-11-22-17-7-6-14(8-16(17)19(24)25)21-10-15-9-18(23-26-15)12-2-4-13(20)5-3-12/h2-8,11,15,21H,9-10H2,1H3. The lowest BCUT2D eigenvalue weighted by Gasteiger charge is -2.11. The van der Waals surface area contributed by atoms with E-state index in [1.807, 2.05) is 12.1 Å². The summed E-state index contributed by atoms with van der Waals surface area (Å²) in [7, 11) is 1.68. The van der Waals surface area contributed by atoms with Crippen molar-refractivity contribution in [3.05, 3.63) is 70.5 Å². The number of nitrogens with one attached hydrogen (secondary N) is 1. The van der Waals surface area contributed by atoms with E-state index in [-0.39, 0.29) is 17.5 Å². The molecule has 2 heterocycles. The van der Waals surface area contributed by atoms with Crippen molar-refractivity contribution in [2.75, 3.05) is 11.9 Å². The Bertz CT molecular complexity index is 1040. The Labute approximate surface area is 148 Å². The first kappa shape index (κ1) is 16.3. The van der Waals surface area contributed by atoms with Crippen LogP contribution < -0.4 is 10.9 Å². The fraction of sp³-hybridized carbons (Fsp3) is 0.211. The zero-order chi connectivity index (χ0) is 18.1. The number of fused-ring (bicyclic) bond motifs is 1. The van der Waals surface area contributed by atoms with Gasteiger partial charge >= 0.3 is 0 Å². The topological polar surface area (TPSA) is 68.5 Å². The third kappa shape index (κ3) is 3.15. The summed E-state index contributed by atoms with van der Waals surface area (Å²) in [6.07, 6.45) is 2.02. The lowest BCUT2D eigenvalue weighted by atomic mass is 10.0. The summed E-state index contributed by atoms with van der Waals surface area (Å²) in [5, 5.41) is 7.93. The van der Waals surface area contributed by atoms with Crippen molar-refractivity contribution < 1.29 is 9.23 Å². The first-order valence-electron chi connectivity index (χ1n) is 8.28. The van der Waals surface area contributed by atoms with Gasteiger partial charge < -0.3 is 14.7 Å². The summed E-state index contributed by atoms with van der Waals surface area (Å²) in [6.45, 7) is 0.542. The summed E-state index contributed by atoms with van der Waals surface area (Å²) >= 11 is 0. The van der Waals surface area contributed by atoms with Crippen molar-refractivity contribution in [3.8, 4) is 0 Å². The molecule has 0 radical (unpaired) electrons. The van der Waals surface area contributed by atoms with Gasteiger partial charge in [-0.2, -0.15) is 0 Å². The van der Waals surface area contributed by atoms with Crippen LogP contribution in [0.2, 0.25) is 0 Å². The van der Waals surface area contributed by atoms with E-state index < -0.39 is 0 Å². The summed E-state index contributed by atoms with van der Waals surface area (Å²) < 4.78 is 14.5. The van der Waals surface area contributed by atoms with E-state index in [0.717, 1.165) is 17.0 Å². The maximum atomic E-state index is 13.0. The average Bonchev–Trinajstić information content (AvgIpc) is 3.13. The van der Waals surface area contributed by atoms with Gasteiger partial charge in [0.2, 0.25) is 0 Å². The van der Waals surface area contributed by atoms with E-state index in [4.69, 9.17) is 4.84 Å². The molecule has 0 bridgehead atoms. The highest BCUT2D eigenvalue weighted by Gasteiger charge is 2.22. The van der Waals surface area contributed by atoms with Gasteiger partial charge in [0.05, 0.1) is 29.5 Å². The molecule has 4 rings (SSSR count). The van der Waals surface area contributed by atoms with Crippen LogP contribution in [-0.2, 0) is 11.9 Å². The minimum atomic E-state index is -0.275. The highest BCUT2D eigenvalue weighted by atomic mass is 19.1. The molecule has 6 nitrogen and oxygen atoms in total.